The van der Waals surface area contributed by atoms with Crippen LogP contribution in [0.2, 0.25) is 0 Å². The number of rotatable bonds is 9. The first kappa shape index (κ1) is 21.7. The molecule has 0 bridgehead atoms. The zero-order chi connectivity index (χ0) is 22.4. The second-order valence-electron chi connectivity index (χ2n) is 7.15. The standard InChI is InChI=1S/C24H21NO6/c26-22(27)19-7-1-16(2-8-19)13-25(14-17-3-9-20(10-4-17)23(28)29)15-18-5-11-21(12-6-18)24(30)31/h1-12H,13-15H2,(H,26,27)(H,28,29)(H,30,31). The van der Waals surface area contributed by atoms with E-state index in [0.717, 1.165) is 16.7 Å². The summed E-state index contributed by atoms with van der Waals surface area (Å²) in [5.41, 5.74) is 3.41. The molecule has 0 atom stereocenters. The van der Waals surface area contributed by atoms with Crippen molar-refractivity contribution in [1.29, 1.82) is 0 Å². The molecular weight excluding hydrogens is 398 g/mol. The van der Waals surface area contributed by atoms with Gasteiger partial charge < -0.3 is 15.3 Å². The maximum absolute atomic E-state index is 11.1. The van der Waals surface area contributed by atoms with Crippen molar-refractivity contribution >= 4 is 17.9 Å². The summed E-state index contributed by atoms with van der Waals surface area (Å²) in [6.07, 6.45) is 0. The van der Waals surface area contributed by atoms with E-state index in [4.69, 9.17) is 15.3 Å². The molecule has 0 aliphatic carbocycles. The number of hydrogen-bond donors (Lipinski definition) is 3. The third kappa shape index (κ3) is 6.01. The quantitative estimate of drug-likeness (QED) is 0.480. The van der Waals surface area contributed by atoms with E-state index in [1.54, 1.807) is 72.8 Å². The lowest BCUT2D eigenvalue weighted by Gasteiger charge is -2.23. The summed E-state index contributed by atoms with van der Waals surface area (Å²) in [6, 6.07) is 19.9. The monoisotopic (exact) mass is 419 g/mol. The highest BCUT2D eigenvalue weighted by atomic mass is 16.4. The minimum Gasteiger partial charge on any atom is -0.478 e. The van der Waals surface area contributed by atoms with E-state index in [2.05, 4.69) is 4.90 Å². The summed E-state index contributed by atoms with van der Waals surface area (Å²) in [4.78, 5) is 35.3. The zero-order valence-electron chi connectivity index (χ0n) is 16.6. The van der Waals surface area contributed by atoms with Crippen LogP contribution in [0.4, 0.5) is 0 Å². The van der Waals surface area contributed by atoms with Gasteiger partial charge in [0.05, 0.1) is 16.7 Å². The average Bonchev–Trinajstić information content (AvgIpc) is 2.75. The molecule has 3 aromatic rings. The van der Waals surface area contributed by atoms with Crippen LogP contribution in [0.1, 0.15) is 47.8 Å². The SMILES string of the molecule is O=C(O)c1ccc(CN(Cc2ccc(C(=O)O)cc2)Cc2ccc(C(=O)O)cc2)cc1. The van der Waals surface area contributed by atoms with Crippen molar-refractivity contribution in [2.45, 2.75) is 19.6 Å². The lowest BCUT2D eigenvalue weighted by molar-refractivity contribution is 0.0686. The largest absolute Gasteiger partial charge is 0.478 e. The first-order valence-corrected chi connectivity index (χ1v) is 9.51. The molecule has 0 unspecified atom stereocenters. The molecule has 0 amide bonds. The highest BCUT2D eigenvalue weighted by Gasteiger charge is 2.11. The van der Waals surface area contributed by atoms with E-state index >= 15 is 0 Å². The van der Waals surface area contributed by atoms with Crippen LogP contribution in [-0.2, 0) is 19.6 Å². The predicted molar refractivity (Wildman–Crippen MR) is 113 cm³/mol. The second kappa shape index (κ2) is 9.69. The lowest BCUT2D eigenvalue weighted by Crippen LogP contribution is -2.22. The van der Waals surface area contributed by atoms with Crippen molar-refractivity contribution < 1.29 is 29.7 Å². The van der Waals surface area contributed by atoms with Crippen LogP contribution in [0.5, 0.6) is 0 Å². The number of carbonyl (C=O) groups is 3. The predicted octanol–water partition coefficient (Wildman–Crippen LogP) is 3.98. The molecule has 0 saturated carbocycles. The van der Waals surface area contributed by atoms with Crippen LogP contribution in [0.3, 0.4) is 0 Å². The summed E-state index contributed by atoms with van der Waals surface area (Å²) in [7, 11) is 0. The maximum atomic E-state index is 11.1. The van der Waals surface area contributed by atoms with E-state index in [1.165, 1.54) is 0 Å². The Labute approximate surface area is 178 Å². The van der Waals surface area contributed by atoms with E-state index < -0.39 is 17.9 Å². The molecule has 0 aliphatic rings. The van der Waals surface area contributed by atoms with Crippen LogP contribution in [0.15, 0.2) is 72.8 Å². The number of aromatic carboxylic acids is 3. The Kier molecular flexibility index (Phi) is 6.79. The Balaban J connectivity index is 1.80. The van der Waals surface area contributed by atoms with Crippen molar-refractivity contribution in [2.24, 2.45) is 0 Å². The van der Waals surface area contributed by atoms with Gasteiger partial charge in [0, 0.05) is 19.6 Å². The fourth-order valence-electron chi connectivity index (χ4n) is 3.20. The Morgan fingerprint density at radius 2 is 0.710 bits per heavy atom. The minimum atomic E-state index is -0.986. The molecule has 31 heavy (non-hydrogen) atoms. The van der Waals surface area contributed by atoms with E-state index in [0.29, 0.717) is 19.6 Å². The van der Waals surface area contributed by atoms with E-state index in [9.17, 15) is 14.4 Å². The number of nitrogens with zero attached hydrogens (tertiary/aromatic N) is 1. The Morgan fingerprint density at radius 1 is 0.484 bits per heavy atom. The van der Waals surface area contributed by atoms with Gasteiger partial charge in [0.1, 0.15) is 0 Å². The average molecular weight is 419 g/mol. The van der Waals surface area contributed by atoms with Crippen molar-refractivity contribution in [1.82, 2.24) is 4.90 Å². The molecule has 0 aromatic heterocycles. The fraction of sp³-hybridized carbons (Fsp3) is 0.125. The van der Waals surface area contributed by atoms with Crippen molar-refractivity contribution in [3.8, 4) is 0 Å². The van der Waals surface area contributed by atoms with Gasteiger partial charge >= 0.3 is 17.9 Å². The lowest BCUT2D eigenvalue weighted by atomic mass is 10.1. The van der Waals surface area contributed by atoms with E-state index in [-0.39, 0.29) is 16.7 Å². The number of hydrogen-bond acceptors (Lipinski definition) is 4. The van der Waals surface area contributed by atoms with Crippen LogP contribution in [-0.4, -0.2) is 38.1 Å². The molecule has 3 N–H and O–H groups in total. The number of benzene rings is 3. The third-order valence-electron chi connectivity index (χ3n) is 4.82. The summed E-state index contributed by atoms with van der Waals surface area (Å²) in [6.45, 7) is 1.59. The van der Waals surface area contributed by atoms with E-state index in [1.807, 2.05) is 0 Å². The van der Waals surface area contributed by atoms with Gasteiger partial charge in [-0.05, 0) is 53.1 Å². The van der Waals surface area contributed by atoms with Crippen molar-refractivity contribution in [3.63, 3.8) is 0 Å². The molecule has 0 radical (unpaired) electrons. The first-order valence-electron chi connectivity index (χ1n) is 9.51. The van der Waals surface area contributed by atoms with Gasteiger partial charge in [-0.1, -0.05) is 36.4 Å². The molecule has 3 aromatic carbocycles. The van der Waals surface area contributed by atoms with Gasteiger partial charge in [0.15, 0.2) is 0 Å². The van der Waals surface area contributed by atoms with Gasteiger partial charge in [-0.15, -0.1) is 0 Å². The molecule has 7 heteroatoms. The Morgan fingerprint density at radius 3 is 0.903 bits per heavy atom. The summed E-state index contributed by atoms with van der Waals surface area (Å²) in [5.74, 6) is -2.96. The summed E-state index contributed by atoms with van der Waals surface area (Å²) < 4.78 is 0. The molecule has 0 aliphatic heterocycles. The molecule has 0 spiro atoms. The molecule has 0 saturated heterocycles. The van der Waals surface area contributed by atoms with Gasteiger partial charge in [-0.25, -0.2) is 14.4 Å². The van der Waals surface area contributed by atoms with Gasteiger partial charge in [-0.2, -0.15) is 0 Å². The van der Waals surface area contributed by atoms with Gasteiger partial charge in [0.25, 0.3) is 0 Å². The van der Waals surface area contributed by atoms with Crippen molar-refractivity contribution in [2.75, 3.05) is 0 Å². The zero-order valence-corrected chi connectivity index (χ0v) is 16.6. The topological polar surface area (TPSA) is 115 Å². The Bertz CT molecular complexity index is 931. The summed E-state index contributed by atoms with van der Waals surface area (Å²) in [5, 5.41) is 27.2. The first-order chi connectivity index (χ1) is 14.8. The number of carboxylic acids is 3. The molecule has 3 rings (SSSR count). The minimum absolute atomic E-state index is 0.212. The van der Waals surface area contributed by atoms with Gasteiger partial charge in [0.2, 0.25) is 0 Å². The third-order valence-corrected chi connectivity index (χ3v) is 4.82. The normalized spacial score (nSPS) is 10.7. The molecule has 0 fully saturated rings. The Hall–Kier alpha value is -3.97. The van der Waals surface area contributed by atoms with Gasteiger partial charge in [-0.3, -0.25) is 4.90 Å². The molecule has 7 nitrogen and oxygen atoms in total. The van der Waals surface area contributed by atoms with Crippen LogP contribution >= 0.6 is 0 Å². The highest BCUT2D eigenvalue weighted by Crippen LogP contribution is 2.16. The molecule has 0 heterocycles. The fourth-order valence-corrected chi connectivity index (χ4v) is 3.20. The highest BCUT2D eigenvalue weighted by molar-refractivity contribution is 5.88. The van der Waals surface area contributed by atoms with Crippen LogP contribution in [0.25, 0.3) is 0 Å². The molecular formula is C24H21NO6. The smallest absolute Gasteiger partial charge is 0.335 e. The second-order valence-corrected chi connectivity index (χ2v) is 7.15. The van der Waals surface area contributed by atoms with Crippen LogP contribution < -0.4 is 0 Å². The maximum Gasteiger partial charge on any atom is 0.335 e. The number of carboxylic acid groups (broad SMARTS) is 3. The molecule has 158 valence electrons. The van der Waals surface area contributed by atoms with Crippen molar-refractivity contribution in [3.05, 3.63) is 106 Å². The summed E-state index contributed by atoms with van der Waals surface area (Å²) >= 11 is 0. The van der Waals surface area contributed by atoms with Crippen LogP contribution in [0, 0.1) is 0 Å².